The van der Waals surface area contributed by atoms with Crippen LogP contribution in [0.2, 0.25) is 0 Å². The molecule has 1 aromatic rings. The predicted molar refractivity (Wildman–Crippen MR) is 97.9 cm³/mol. The van der Waals surface area contributed by atoms with Crippen molar-refractivity contribution in [1.29, 1.82) is 0 Å². The summed E-state index contributed by atoms with van der Waals surface area (Å²) in [6.45, 7) is 7.04. The molecule has 1 aromatic heterocycles. The molecule has 2 aliphatic rings. The summed E-state index contributed by atoms with van der Waals surface area (Å²) in [5.74, 6) is 0.583. The summed E-state index contributed by atoms with van der Waals surface area (Å²) in [5, 5.41) is 9.65. The molecular formula is C19H30N4O2. The van der Waals surface area contributed by atoms with E-state index >= 15 is 0 Å². The summed E-state index contributed by atoms with van der Waals surface area (Å²) in [5.41, 5.74) is 1.46. The first-order valence-corrected chi connectivity index (χ1v) is 9.76. The van der Waals surface area contributed by atoms with Gasteiger partial charge in [-0.15, -0.1) is 0 Å². The standard InChI is InChI=1S/C19H30N4O2/c1-3-15-16(4-2)21-22-19(25)17(15)18(24)20-14-9-10-23(12-14)11-13-7-5-6-8-13/h13-14H,3-12H2,1-2H3,(H,20,24)(H,22,25)/t14-/m0/s1. The van der Waals surface area contributed by atoms with Gasteiger partial charge in [0, 0.05) is 25.7 Å². The average Bonchev–Trinajstić information content (AvgIpc) is 3.26. The molecule has 1 aliphatic carbocycles. The van der Waals surface area contributed by atoms with Crippen molar-refractivity contribution in [2.45, 2.75) is 64.8 Å². The van der Waals surface area contributed by atoms with Crippen molar-refractivity contribution in [2.75, 3.05) is 19.6 Å². The lowest BCUT2D eigenvalue weighted by Gasteiger charge is -2.20. The molecule has 2 heterocycles. The molecule has 0 spiro atoms. The van der Waals surface area contributed by atoms with Crippen LogP contribution in [0.4, 0.5) is 0 Å². The molecule has 6 heteroatoms. The predicted octanol–water partition coefficient (Wildman–Crippen LogP) is 1.89. The van der Waals surface area contributed by atoms with Crippen LogP contribution >= 0.6 is 0 Å². The van der Waals surface area contributed by atoms with Crippen molar-refractivity contribution in [1.82, 2.24) is 20.4 Å². The Morgan fingerprint density at radius 3 is 2.68 bits per heavy atom. The van der Waals surface area contributed by atoms with Crippen molar-refractivity contribution < 1.29 is 4.79 Å². The topological polar surface area (TPSA) is 78.1 Å². The molecule has 6 nitrogen and oxygen atoms in total. The summed E-state index contributed by atoms with van der Waals surface area (Å²) < 4.78 is 0. The molecule has 0 aromatic carbocycles. The summed E-state index contributed by atoms with van der Waals surface area (Å²) in [7, 11) is 0. The van der Waals surface area contributed by atoms with E-state index in [0.29, 0.717) is 12.8 Å². The van der Waals surface area contributed by atoms with Crippen molar-refractivity contribution in [2.24, 2.45) is 5.92 Å². The summed E-state index contributed by atoms with van der Waals surface area (Å²) in [4.78, 5) is 27.4. The number of aryl methyl sites for hydroxylation is 1. The van der Waals surface area contributed by atoms with Gasteiger partial charge in [-0.3, -0.25) is 9.59 Å². The highest BCUT2D eigenvalue weighted by molar-refractivity contribution is 5.95. The lowest BCUT2D eigenvalue weighted by Crippen LogP contribution is -2.41. The Kier molecular flexibility index (Phi) is 5.89. The van der Waals surface area contributed by atoms with E-state index < -0.39 is 0 Å². The highest BCUT2D eigenvalue weighted by atomic mass is 16.2. The largest absolute Gasteiger partial charge is 0.348 e. The van der Waals surface area contributed by atoms with E-state index in [2.05, 4.69) is 20.4 Å². The second kappa shape index (κ2) is 8.13. The Morgan fingerprint density at radius 1 is 1.24 bits per heavy atom. The van der Waals surface area contributed by atoms with E-state index in [4.69, 9.17) is 0 Å². The lowest BCUT2D eigenvalue weighted by molar-refractivity contribution is 0.0934. The Morgan fingerprint density at radius 2 is 2.00 bits per heavy atom. The fourth-order valence-electron chi connectivity index (χ4n) is 4.37. The first-order valence-electron chi connectivity index (χ1n) is 9.76. The molecule has 2 N–H and O–H groups in total. The van der Waals surface area contributed by atoms with Gasteiger partial charge < -0.3 is 10.2 Å². The zero-order valence-corrected chi connectivity index (χ0v) is 15.4. The highest BCUT2D eigenvalue weighted by Crippen LogP contribution is 2.26. The molecular weight excluding hydrogens is 316 g/mol. The van der Waals surface area contributed by atoms with Gasteiger partial charge in [-0.2, -0.15) is 5.10 Å². The second-order valence-electron chi connectivity index (χ2n) is 7.43. The zero-order chi connectivity index (χ0) is 17.8. The van der Waals surface area contributed by atoms with Gasteiger partial charge in [0.25, 0.3) is 11.5 Å². The van der Waals surface area contributed by atoms with Gasteiger partial charge >= 0.3 is 0 Å². The van der Waals surface area contributed by atoms with Crippen molar-refractivity contribution in [3.05, 3.63) is 27.2 Å². The summed E-state index contributed by atoms with van der Waals surface area (Å²) in [6.07, 6.45) is 7.73. The maximum atomic E-state index is 12.7. The van der Waals surface area contributed by atoms with Gasteiger partial charge in [0.2, 0.25) is 0 Å². The number of nitrogens with one attached hydrogen (secondary N) is 2. The smallest absolute Gasteiger partial charge is 0.277 e. The van der Waals surface area contributed by atoms with Crippen LogP contribution in [0.3, 0.4) is 0 Å². The molecule has 138 valence electrons. The summed E-state index contributed by atoms with van der Waals surface area (Å²) >= 11 is 0. The minimum absolute atomic E-state index is 0.135. The molecule has 1 atom stereocenters. The van der Waals surface area contributed by atoms with Crippen LogP contribution in [-0.2, 0) is 12.8 Å². The van der Waals surface area contributed by atoms with E-state index in [9.17, 15) is 9.59 Å². The quantitative estimate of drug-likeness (QED) is 0.824. The fourth-order valence-corrected chi connectivity index (χ4v) is 4.37. The van der Waals surface area contributed by atoms with Crippen LogP contribution < -0.4 is 10.9 Å². The summed E-state index contributed by atoms with van der Waals surface area (Å²) in [6, 6.07) is 0.135. The molecule has 0 unspecified atom stereocenters. The Labute approximate surface area is 149 Å². The van der Waals surface area contributed by atoms with Crippen LogP contribution in [0.1, 0.15) is 67.6 Å². The number of nitrogens with zero attached hydrogens (tertiary/aromatic N) is 2. The maximum absolute atomic E-state index is 12.7. The molecule has 1 saturated carbocycles. The first-order chi connectivity index (χ1) is 12.1. The Bertz CT molecular complexity index is 664. The number of rotatable bonds is 6. The van der Waals surface area contributed by atoms with E-state index in [1.807, 2.05) is 13.8 Å². The molecule has 3 rings (SSSR count). The van der Waals surface area contributed by atoms with Crippen LogP contribution in [0.25, 0.3) is 0 Å². The number of aromatic nitrogens is 2. The normalized spacial score (nSPS) is 21.8. The average molecular weight is 346 g/mol. The minimum Gasteiger partial charge on any atom is -0.348 e. The maximum Gasteiger partial charge on any atom is 0.277 e. The van der Waals surface area contributed by atoms with E-state index in [0.717, 1.165) is 43.2 Å². The third-order valence-corrected chi connectivity index (χ3v) is 5.68. The third kappa shape index (κ3) is 4.11. The SMILES string of the molecule is CCc1n[nH]c(=O)c(C(=O)N[C@H]2CCN(CC3CCCC3)C2)c1CC. The molecule has 0 radical (unpaired) electrons. The number of hydrogen-bond donors (Lipinski definition) is 2. The van der Waals surface area contributed by atoms with Crippen molar-refractivity contribution in [3.8, 4) is 0 Å². The number of carbonyl (C=O) groups excluding carboxylic acids is 1. The number of carbonyl (C=O) groups is 1. The van der Waals surface area contributed by atoms with E-state index in [1.165, 1.54) is 25.7 Å². The van der Waals surface area contributed by atoms with E-state index in [-0.39, 0.29) is 23.1 Å². The van der Waals surface area contributed by atoms with Crippen LogP contribution in [0, 0.1) is 5.92 Å². The number of amides is 1. The second-order valence-corrected chi connectivity index (χ2v) is 7.43. The van der Waals surface area contributed by atoms with Gasteiger partial charge in [0.15, 0.2) is 0 Å². The van der Waals surface area contributed by atoms with E-state index in [1.54, 1.807) is 0 Å². The minimum atomic E-state index is -0.382. The highest BCUT2D eigenvalue weighted by Gasteiger charge is 2.28. The fraction of sp³-hybridized carbons (Fsp3) is 0.737. The van der Waals surface area contributed by atoms with Crippen LogP contribution in [-0.4, -0.2) is 46.7 Å². The molecule has 1 amide bonds. The molecule has 1 saturated heterocycles. The van der Waals surface area contributed by atoms with Crippen LogP contribution in [0.15, 0.2) is 4.79 Å². The lowest BCUT2D eigenvalue weighted by atomic mass is 10.0. The monoisotopic (exact) mass is 346 g/mol. The zero-order valence-electron chi connectivity index (χ0n) is 15.4. The number of aromatic amines is 1. The number of likely N-dealkylation sites (tertiary alicyclic amines) is 1. The van der Waals surface area contributed by atoms with Gasteiger partial charge in [-0.05, 0) is 43.6 Å². The number of hydrogen-bond acceptors (Lipinski definition) is 4. The Hall–Kier alpha value is -1.69. The first kappa shape index (κ1) is 18.1. The molecule has 0 bridgehead atoms. The van der Waals surface area contributed by atoms with Gasteiger partial charge in [-0.1, -0.05) is 26.7 Å². The molecule has 1 aliphatic heterocycles. The third-order valence-electron chi connectivity index (χ3n) is 5.68. The number of H-pyrrole nitrogens is 1. The van der Waals surface area contributed by atoms with Crippen molar-refractivity contribution >= 4 is 5.91 Å². The van der Waals surface area contributed by atoms with Gasteiger partial charge in [-0.25, -0.2) is 5.10 Å². The molecule has 25 heavy (non-hydrogen) atoms. The van der Waals surface area contributed by atoms with Crippen LogP contribution in [0.5, 0.6) is 0 Å². The van der Waals surface area contributed by atoms with Gasteiger partial charge in [0.1, 0.15) is 5.56 Å². The Balaban J connectivity index is 1.64. The van der Waals surface area contributed by atoms with Gasteiger partial charge in [0.05, 0.1) is 5.69 Å². The molecule has 2 fully saturated rings. The van der Waals surface area contributed by atoms with Crippen molar-refractivity contribution in [3.63, 3.8) is 0 Å².